The maximum absolute atomic E-state index is 11.2. The summed E-state index contributed by atoms with van der Waals surface area (Å²) in [6, 6.07) is -0.239. The third kappa shape index (κ3) is 6.47. The summed E-state index contributed by atoms with van der Waals surface area (Å²) in [7, 11) is 5.50. The molecule has 0 fully saturated rings. The second-order valence-electron chi connectivity index (χ2n) is 5.03. The Kier molecular flexibility index (Phi) is 5.83. The lowest BCUT2D eigenvalue weighted by Gasteiger charge is -2.29. The van der Waals surface area contributed by atoms with E-state index in [-0.39, 0.29) is 17.4 Å². The number of esters is 1. The molecule has 1 unspecified atom stereocenters. The summed E-state index contributed by atoms with van der Waals surface area (Å²) in [4.78, 5) is 13.3. The Bertz CT molecular complexity index is 203. The van der Waals surface area contributed by atoms with Gasteiger partial charge in [0.1, 0.15) is 6.04 Å². The van der Waals surface area contributed by atoms with Gasteiger partial charge in [-0.3, -0.25) is 4.79 Å². The summed E-state index contributed by atoms with van der Waals surface area (Å²) >= 11 is 0. The van der Waals surface area contributed by atoms with Gasteiger partial charge in [0.05, 0.1) is 7.11 Å². The lowest BCUT2D eigenvalue weighted by Crippen LogP contribution is -2.43. The molecule has 90 valence electrons. The summed E-state index contributed by atoms with van der Waals surface area (Å²) in [5, 5.41) is 3.18. The van der Waals surface area contributed by atoms with Crippen molar-refractivity contribution >= 4 is 5.97 Å². The second kappa shape index (κ2) is 6.08. The van der Waals surface area contributed by atoms with Crippen LogP contribution in [0.15, 0.2) is 0 Å². The molecule has 0 aromatic rings. The number of hydrogen-bond donors (Lipinski definition) is 1. The van der Waals surface area contributed by atoms with Crippen molar-refractivity contribution in [1.29, 1.82) is 0 Å². The van der Waals surface area contributed by atoms with Crippen molar-refractivity contribution in [3.05, 3.63) is 0 Å². The molecule has 0 aliphatic rings. The van der Waals surface area contributed by atoms with Crippen LogP contribution in [0.5, 0.6) is 0 Å². The van der Waals surface area contributed by atoms with Crippen molar-refractivity contribution in [3.63, 3.8) is 0 Å². The van der Waals surface area contributed by atoms with Gasteiger partial charge in [-0.25, -0.2) is 0 Å². The largest absolute Gasteiger partial charge is 0.468 e. The predicted octanol–water partition coefficient (Wildman–Crippen LogP) is 0.725. The average Bonchev–Trinajstić information content (AvgIpc) is 2.11. The van der Waals surface area contributed by atoms with Crippen LogP contribution in [0.4, 0.5) is 0 Å². The van der Waals surface area contributed by atoms with Crippen molar-refractivity contribution in [2.24, 2.45) is 5.41 Å². The van der Waals surface area contributed by atoms with E-state index in [4.69, 9.17) is 0 Å². The highest BCUT2D eigenvalue weighted by Crippen LogP contribution is 2.14. The number of carbonyl (C=O) groups excluding carboxylic acids is 1. The Morgan fingerprint density at radius 1 is 1.47 bits per heavy atom. The van der Waals surface area contributed by atoms with Crippen LogP contribution >= 0.6 is 0 Å². The second-order valence-corrected chi connectivity index (χ2v) is 5.03. The van der Waals surface area contributed by atoms with Gasteiger partial charge >= 0.3 is 5.97 Å². The molecule has 4 heteroatoms. The Balaban J connectivity index is 3.97. The molecule has 0 amide bonds. The van der Waals surface area contributed by atoms with Crippen LogP contribution in [0, 0.1) is 5.41 Å². The molecule has 0 aliphatic carbocycles. The molecule has 1 N–H and O–H groups in total. The van der Waals surface area contributed by atoms with Crippen LogP contribution < -0.4 is 5.32 Å². The maximum atomic E-state index is 11.2. The van der Waals surface area contributed by atoms with E-state index in [0.717, 1.165) is 13.1 Å². The molecule has 0 spiro atoms. The Hall–Kier alpha value is -0.610. The van der Waals surface area contributed by atoms with Gasteiger partial charge in [0.2, 0.25) is 0 Å². The zero-order valence-electron chi connectivity index (χ0n) is 10.8. The van der Waals surface area contributed by atoms with E-state index in [2.05, 4.69) is 28.8 Å². The standard InChI is InChI=1S/C11H24N2O2/c1-9(10(14)15-6)12-7-11(2,3)8-13(4)5/h9,12H,7-8H2,1-6H3. The molecule has 0 heterocycles. The van der Waals surface area contributed by atoms with Gasteiger partial charge in [0.15, 0.2) is 0 Å². The molecule has 0 rings (SSSR count). The fraction of sp³-hybridized carbons (Fsp3) is 0.909. The van der Waals surface area contributed by atoms with Gasteiger partial charge in [-0.05, 0) is 26.4 Å². The van der Waals surface area contributed by atoms with E-state index in [1.165, 1.54) is 7.11 Å². The van der Waals surface area contributed by atoms with E-state index >= 15 is 0 Å². The first-order valence-corrected chi connectivity index (χ1v) is 5.24. The van der Waals surface area contributed by atoms with Crippen LogP contribution in [-0.4, -0.2) is 51.2 Å². The van der Waals surface area contributed by atoms with Crippen LogP contribution in [0.25, 0.3) is 0 Å². The molecular weight excluding hydrogens is 192 g/mol. The summed E-state index contributed by atoms with van der Waals surface area (Å²) in [6.07, 6.45) is 0. The number of methoxy groups -OCH3 is 1. The summed E-state index contributed by atoms with van der Waals surface area (Å²) in [5.41, 5.74) is 0.145. The molecule has 0 saturated carbocycles. The SMILES string of the molecule is COC(=O)C(C)NCC(C)(C)CN(C)C. The monoisotopic (exact) mass is 216 g/mol. The normalized spacial score (nSPS) is 14.1. The first-order chi connectivity index (χ1) is 6.78. The fourth-order valence-corrected chi connectivity index (χ4v) is 1.60. The smallest absolute Gasteiger partial charge is 0.322 e. The topological polar surface area (TPSA) is 41.6 Å². The van der Waals surface area contributed by atoms with Gasteiger partial charge < -0.3 is 15.0 Å². The molecular formula is C11H24N2O2. The lowest BCUT2D eigenvalue weighted by molar-refractivity contribution is -0.142. The minimum Gasteiger partial charge on any atom is -0.468 e. The first kappa shape index (κ1) is 14.4. The van der Waals surface area contributed by atoms with Gasteiger partial charge in [-0.15, -0.1) is 0 Å². The van der Waals surface area contributed by atoms with E-state index in [1.54, 1.807) is 0 Å². The Morgan fingerprint density at radius 3 is 2.40 bits per heavy atom. The number of hydrogen-bond acceptors (Lipinski definition) is 4. The van der Waals surface area contributed by atoms with E-state index in [9.17, 15) is 4.79 Å². The van der Waals surface area contributed by atoms with Crippen molar-refractivity contribution in [1.82, 2.24) is 10.2 Å². The molecule has 1 atom stereocenters. The van der Waals surface area contributed by atoms with Crippen molar-refractivity contribution < 1.29 is 9.53 Å². The molecule has 0 aromatic heterocycles. The lowest BCUT2D eigenvalue weighted by atomic mass is 9.92. The zero-order chi connectivity index (χ0) is 12.1. The highest BCUT2D eigenvalue weighted by Gasteiger charge is 2.21. The van der Waals surface area contributed by atoms with Crippen LogP contribution in [-0.2, 0) is 9.53 Å². The van der Waals surface area contributed by atoms with Gasteiger partial charge in [0.25, 0.3) is 0 Å². The van der Waals surface area contributed by atoms with Crippen LogP contribution in [0.2, 0.25) is 0 Å². The number of ether oxygens (including phenoxy) is 1. The number of nitrogens with one attached hydrogen (secondary N) is 1. The first-order valence-electron chi connectivity index (χ1n) is 5.24. The Morgan fingerprint density at radius 2 is 2.00 bits per heavy atom. The number of nitrogens with zero attached hydrogens (tertiary/aromatic N) is 1. The van der Waals surface area contributed by atoms with E-state index < -0.39 is 0 Å². The third-order valence-electron chi connectivity index (χ3n) is 2.19. The fourth-order valence-electron chi connectivity index (χ4n) is 1.60. The molecule has 0 radical (unpaired) electrons. The Labute approximate surface area is 93.0 Å². The molecule has 0 aromatic carbocycles. The molecule has 15 heavy (non-hydrogen) atoms. The minimum absolute atomic E-state index is 0.145. The summed E-state index contributed by atoms with van der Waals surface area (Å²) < 4.78 is 4.65. The van der Waals surface area contributed by atoms with Crippen molar-refractivity contribution in [2.45, 2.75) is 26.8 Å². The van der Waals surface area contributed by atoms with Crippen molar-refractivity contribution in [3.8, 4) is 0 Å². The average molecular weight is 216 g/mol. The van der Waals surface area contributed by atoms with Crippen molar-refractivity contribution in [2.75, 3.05) is 34.3 Å². The molecule has 0 aliphatic heterocycles. The molecule has 0 bridgehead atoms. The van der Waals surface area contributed by atoms with Gasteiger partial charge in [-0.2, -0.15) is 0 Å². The third-order valence-corrected chi connectivity index (χ3v) is 2.19. The van der Waals surface area contributed by atoms with Gasteiger partial charge in [0, 0.05) is 13.1 Å². The zero-order valence-corrected chi connectivity index (χ0v) is 10.8. The number of rotatable bonds is 6. The van der Waals surface area contributed by atoms with Crippen LogP contribution in [0.3, 0.4) is 0 Å². The molecule has 4 nitrogen and oxygen atoms in total. The highest BCUT2D eigenvalue weighted by molar-refractivity contribution is 5.75. The van der Waals surface area contributed by atoms with E-state index in [1.807, 2.05) is 21.0 Å². The minimum atomic E-state index is -0.239. The van der Waals surface area contributed by atoms with E-state index in [0.29, 0.717) is 0 Å². The summed E-state index contributed by atoms with van der Waals surface area (Å²) in [6.45, 7) is 7.93. The highest BCUT2D eigenvalue weighted by atomic mass is 16.5. The van der Waals surface area contributed by atoms with Crippen LogP contribution in [0.1, 0.15) is 20.8 Å². The molecule has 0 saturated heterocycles. The maximum Gasteiger partial charge on any atom is 0.322 e. The summed E-state index contributed by atoms with van der Waals surface area (Å²) in [5.74, 6) is -0.212. The predicted molar refractivity (Wildman–Crippen MR) is 61.8 cm³/mol. The number of carbonyl (C=O) groups is 1. The quantitative estimate of drug-likeness (QED) is 0.664. The van der Waals surface area contributed by atoms with Gasteiger partial charge in [-0.1, -0.05) is 13.8 Å².